The van der Waals surface area contributed by atoms with Crippen LogP contribution in [0.2, 0.25) is 0 Å². The Morgan fingerprint density at radius 1 is 0.269 bits per heavy atom. The van der Waals surface area contributed by atoms with Gasteiger partial charge in [0.1, 0.15) is 0 Å². The van der Waals surface area contributed by atoms with Crippen molar-refractivity contribution >= 4 is 66.2 Å². The Balaban J connectivity index is 1.49. The third-order valence-electron chi connectivity index (χ3n) is 14.1. The molecule has 0 saturated heterocycles. The van der Waals surface area contributed by atoms with E-state index < -0.39 is 33.4 Å². The van der Waals surface area contributed by atoms with Gasteiger partial charge in [0.2, 0.25) is 0 Å². The van der Waals surface area contributed by atoms with Crippen LogP contribution >= 0.6 is 0 Å². The maximum Gasteiger partial charge on any atom is 0.263 e. The predicted molar refractivity (Wildman–Crippen MR) is 296 cm³/mol. The molecule has 24 heteroatoms. The van der Waals surface area contributed by atoms with Crippen molar-refractivity contribution in [3.8, 4) is 34.2 Å². The molecule has 0 saturated carbocycles. The number of hydrogen-bond acceptors (Lipinski definition) is 18. The SMILES string of the molecule is CCCCn1cnc2nc3ncn(CCCC)c(=O)c3c(-c3nc(-c4c5c(=O)n(CCCC)cnc5nc5ncn(CCCC)c(=O)c45)nc(-c4c5c(=O)n(CCCC)cnc5nc5ncn(CCCC)c(=O)c45)n3)c2c1=O. The van der Waals surface area contributed by atoms with E-state index in [0.29, 0.717) is 38.5 Å². The summed E-state index contributed by atoms with van der Waals surface area (Å²) < 4.78 is 8.56. The molecule has 0 aliphatic carbocycles. The Labute approximate surface area is 444 Å². The van der Waals surface area contributed by atoms with Crippen LogP contribution in [-0.4, -0.2) is 87.2 Å². The number of pyridine rings is 3. The second kappa shape index (κ2) is 22.5. The van der Waals surface area contributed by atoms with Gasteiger partial charge < -0.3 is 0 Å². The molecule has 0 unspecified atom stereocenters. The van der Waals surface area contributed by atoms with Crippen molar-refractivity contribution < 1.29 is 0 Å². The molecular weight excluding hydrogens is 997 g/mol. The molecule has 10 rings (SSSR count). The normalized spacial score (nSPS) is 11.9. The van der Waals surface area contributed by atoms with Crippen molar-refractivity contribution in [3.05, 3.63) is 100 Å². The van der Waals surface area contributed by atoms with Crippen LogP contribution < -0.4 is 33.4 Å². The minimum atomic E-state index is -0.568. The standard InChI is InChI=1S/C54H60N18O6/c1-7-13-19-67-25-55-40-34(49(67)73)31(35-41(61-40)56-26-68(50(35)74)20-14-8-2)46-64-47(32-36-42(57-27-69(51(36)75)21-15-9-3)62-43-37(32)52(76)70(28-58-43)22-16-10-4)66-48(65-46)33-38-44(59-29-71(53(38)77)23-17-11-5)63-45-39(33)54(78)72(30-60-45)24-18-12-6/h25-30H,7-24H2,1-6H3. The molecule has 0 radical (unpaired) electrons. The Morgan fingerprint density at radius 3 is 0.590 bits per heavy atom. The van der Waals surface area contributed by atoms with Crippen molar-refractivity contribution in [1.82, 2.24) is 87.2 Å². The lowest BCUT2D eigenvalue weighted by atomic mass is 10.0. The first-order valence-corrected chi connectivity index (χ1v) is 27.1. The summed E-state index contributed by atoms with van der Waals surface area (Å²) in [4.78, 5) is 149. The molecule has 10 aromatic heterocycles. The zero-order chi connectivity index (χ0) is 54.8. The molecule has 0 amide bonds. The van der Waals surface area contributed by atoms with E-state index >= 15 is 28.8 Å². The zero-order valence-corrected chi connectivity index (χ0v) is 44.7. The molecule has 0 bridgehead atoms. The van der Waals surface area contributed by atoms with Gasteiger partial charge in [-0.25, -0.2) is 59.8 Å². The molecule has 0 aromatic carbocycles. The smallest absolute Gasteiger partial charge is 0.263 e. The van der Waals surface area contributed by atoms with Gasteiger partial charge in [0.15, 0.2) is 51.4 Å². The van der Waals surface area contributed by atoms with Crippen molar-refractivity contribution in [2.45, 2.75) is 158 Å². The van der Waals surface area contributed by atoms with E-state index in [2.05, 4.69) is 29.9 Å². The molecule has 0 atom stereocenters. The van der Waals surface area contributed by atoms with Crippen LogP contribution in [0.25, 0.3) is 100 Å². The van der Waals surface area contributed by atoms with Crippen molar-refractivity contribution in [1.29, 1.82) is 0 Å². The van der Waals surface area contributed by atoms with Gasteiger partial charge in [0.05, 0.1) is 87.0 Å². The summed E-state index contributed by atoms with van der Waals surface area (Å²) in [5.74, 6) is -1.00. The van der Waals surface area contributed by atoms with Gasteiger partial charge in [-0.2, -0.15) is 0 Å². The fourth-order valence-electron chi connectivity index (χ4n) is 9.69. The summed E-state index contributed by atoms with van der Waals surface area (Å²) in [6.07, 6.45) is 16.5. The van der Waals surface area contributed by atoms with E-state index in [1.807, 2.05) is 41.5 Å². The molecule has 10 heterocycles. The zero-order valence-electron chi connectivity index (χ0n) is 44.7. The fraction of sp³-hybridized carbons (Fsp3) is 0.444. The lowest BCUT2D eigenvalue weighted by Crippen LogP contribution is -2.26. The number of unbranched alkanes of at least 4 members (excludes halogenated alkanes) is 6. The van der Waals surface area contributed by atoms with Gasteiger partial charge >= 0.3 is 0 Å². The molecule has 78 heavy (non-hydrogen) atoms. The highest BCUT2D eigenvalue weighted by Gasteiger charge is 2.30. The van der Waals surface area contributed by atoms with Gasteiger partial charge in [0.25, 0.3) is 33.4 Å². The van der Waals surface area contributed by atoms with E-state index in [0.717, 1.165) is 38.5 Å². The van der Waals surface area contributed by atoms with Crippen LogP contribution in [0.3, 0.4) is 0 Å². The molecule has 0 N–H and O–H groups in total. The summed E-state index contributed by atoms with van der Waals surface area (Å²) in [7, 11) is 0. The maximum atomic E-state index is 15.2. The summed E-state index contributed by atoms with van der Waals surface area (Å²) in [5, 5.41) is -0.808. The Hall–Kier alpha value is -8.70. The molecule has 0 spiro atoms. The maximum absolute atomic E-state index is 15.2. The van der Waals surface area contributed by atoms with Crippen LogP contribution in [-0.2, 0) is 39.3 Å². The first-order valence-electron chi connectivity index (χ1n) is 27.1. The number of rotatable bonds is 21. The monoisotopic (exact) mass is 1060 g/mol. The molecule has 10 aromatic rings. The number of aryl methyl sites for hydroxylation is 6. The van der Waals surface area contributed by atoms with Crippen LogP contribution in [0.15, 0.2) is 66.7 Å². The molecule has 0 aliphatic heterocycles. The summed E-state index contributed by atoms with van der Waals surface area (Å²) in [6, 6.07) is 0. The Kier molecular flexibility index (Phi) is 15.2. The minimum Gasteiger partial charge on any atom is -0.299 e. The Bertz CT molecular complexity index is 3680. The molecule has 402 valence electrons. The average Bonchev–Trinajstić information content (AvgIpc) is 3.61. The average molecular weight is 1060 g/mol. The first kappa shape index (κ1) is 52.7. The number of fused-ring (bicyclic) bond motifs is 6. The van der Waals surface area contributed by atoms with E-state index in [1.165, 1.54) is 65.4 Å². The number of aromatic nitrogens is 18. The van der Waals surface area contributed by atoms with Gasteiger partial charge in [0, 0.05) is 39.3 Å². The van der Waals surface area contributed by atoms with E-state index in [1.54, 1.807) is 0 Å². The summed E-state index contributed by atoms with van der Waals surface area (Å²) in [5.41, 5.74) is -4.26. The summed E-state index contributed by atoms with van der Waals surface area (Å²) >= 11 is 0. The van der Waals surface area contributed by atoms with Crippen molar-refractivity contribution in [2.24, 2.45) is 0 Å². The Morgan fingerprint density at radius 2 is 0.436 bits per heavy atom. The quantitative estimate of drug-likeness (QED) is 0.0733. The van der Waals surface area contributed by atoms with E-state index in [-0.39, 0.29) is 140 Å². The van der Waals surface area contributed by atoms with E-state index in [4.69, 9.17) is 29.9 Å². The minimum absolute atomic E-state index is 0.0753. The molecule has 0 aliphatic rings. The van der Waals surface area contributed by atoms with Gasteiger partial charge in [-0.15, -0.1) is 0 Å². The highest BCUT2D eigenvalue weighted by Crippen LogP contribution is 2.36. The topological polar surface area (TPSA) is 287 Å². The largest absolute Gasteiger partial charge is 0.299 e. The van der Waals surface area contributed by atoms with Crippen LogP contribution in [0.5, 0.6) is 0 Å². The van der Waals surface area contributed by atoms with Crippen molar-refractivity contribution in [3.63, 3.8) is 0 Å². The molecule has 0 fully saturated rings. The van der Waals surface area contributed by atoms with Gasteiger partial charge in [-0.1, -0.05) is 80.1 Å². The van der Waals surface area contributed by atoms with Crippen LogP contribution in [0.1, 0.15) is 119 Å². The third-order valence-corrected chi connectivity index (χ3v) is 14.1. The molecule has 24 nitrogen and oxygen atoms in total. The van der Waals surface area contributed by atoms with Crippen molar-refractivity contribution in [2.75, 3.05) is 0 Å². The molecular formula is C54H60N18O6. The number of nitrogens with zero attached hydrogens (tertiary/aromatic N) is 18. The predicted octanol–water partition coefficient (Wildman–Crippen LogP) is 6.12. The fourth-order valence-corrected chi connectivity index (χ4v) is 9.69. The lowest BCUT2D eigenvalue weighted by Gasteiger charge is -2.16. The highest BCUT2D eigenvalue weighted by molar-refractivity contribution is 6.10. The second-order valence-corrected chi connectivity index (χ2v) is 19.5. The number of hydrogen-bond donors (Lipinski definition) is 0. The highest BCUT2D eigenvalue weighted by atomic mass is 16.2. The third kappa shape index (κ3) is 9.41. The van der Waals surface area contributed by atoms with Gasteiger partial charge in [-0.05, 0) is 38.5 Å². The van der Waals surface area contributed by atoms with Crippen LogP contribution in [0.4, 0.5) is 0 Å². The first-order chi connectivity index (χ1) is 38.0. The van der Waals surface area contributed by atoms with Crippen LogP contribution in [0, 0.1) is 0 Å². The van der Waals surface area contributed by atoms with E-state index in [9.17, 15) is 0 Å². The summed E-state index contributed by atoms with van der Waals surface area (Å²) in [6.45, 7) is 13.5. The van der Waals surface area contributed by atoms with Gasteiger partial charge in [-0.3, -0.25) is 56.2 Å². The second-order valence-electron chi connectivity index (χ2n) is 19.5. The lowest BCUT2D eigenvalue weighted by molar-refractivity contribution is 0.606.